The monoisotopic (exact) mass is 445 g/mol. The molecule has 0 aliphatic heterocycles. The molecule has 0 aliphatic rings. The molecule has 4 aromatic rings. The average molecular weight is 446 g/mol. The first-order valence-electron chi connectivity index (χ1n) is 10.5. The second-order valence-corrected chi connectivity index (χ2v) is 8.01. The Labute approximate surface area is 191 Å². The Hall–Kier alpha value is -3.57. The molecule has 32 heavy (non-hydrogen) atoms. The molecule has 0 spiro atoms. The van der Waals surface area contributed by atoms with Gasteiger partial charge in [-0.2, -0.15) is 0 Å². The molecule has 1 atom stereocenters. The van der Waals surface area contributed by atoms with E-state index in [9.17, 15) is 9.59 Å². The van der Waals surface area contributed by atoms with Gasteiger partial charge in [-0.1, -0.05) is 78.3 Å². The van der Waals surface area contributed by atoms with E-state index < -0.39 is 0 Å². The standard InChI is InChI=1S/C26H24ClN3O2/c27-23-12-6-4-10-19(23)21(22-15-28-24-13-7-5-11-20(22)24)16-29-26(32)17-30-25(31)14-18-8-2-1-3-9-18/h1-13,15,21,28H,14,16-17H2,(H,29,32)(H,30,31)/t21-/m0/s1. The molecule has 5 nitrogen and oxygen atoms in total. The van der Waals surface area contributed by atoms with Gasteiger partial charge in [-0.25, -0.2) is 0 Å². The summed E-state index contributed by atoms with van der Waals surface area (Å²) in [5.74, 6) is -0.572. The van der Waals surface area contributed by atoms with Gasteiger partial charge in [0, 0.05) is 34.6 Å². The molecule has 162 valence electrons. The van der Waals surface area contributed by atoms with Gasteiger partial charge in [0.05, 0.1) is 13.0 Å². The largest absolute Gasteiger partial charge is 0.361 e. The highest BCUT2D eigenvalue weighted by Crippen LogP contribution is 2.34. The molecular formula is C26H24ClN3O2. The molecule has 0 saturated heterocycles. The molecule has 2 amide bonds. The lowest BCUT2D eigenvalue weighted by molar-refractivity contribution is -0.125. The summed E-state index contributed by atoms with van der Waals surface area (Å²) in [5, 5.41) is 7.37. The van der Waals surface area contributed by atoms with Gasteiger partial charge < -0.3 is 15.6 Å². The van der Waals surface area contributed by atoms with Gasteiger partial charge in [0.2, 0.25) is 11.8 Å². The Kier molecular flexibility index (Phi) is 6.87. The minimum Gasteiger partial charge on any atom is -0.361 e. The first-order chi connectivity index (χ1) is 15.6. The molecule has 4 rings (SSSR count). The predicted octanol–water partition coefficient (Wildman–Crippen LogP) is 4.43. The number of amides is 2. The third-order valence-corrected chi connectivity index (χ3v) is 5.78. The first kappa shape index (κ1) is 21.7. The molecule has 0 fully saturated rings. The molecule has 1 aromatic heterocycles. The molecule has 0 bridgehead atoms. The number of halogens is 1. The van der Waals surface area contributed by atoms with E-state index in [1.165, 1.54) is 0 Å². The number of hydrogen-bond donors (Lipinski definition) is 3. The number of aromatic nitrogens is 1. The van der Waals surface area contributed by atoms with E-state index in [-0.39, 0.29) is 30.7 Å². The highest BCUT2D eigenvalue weighted by molar-refractivity contribution is 6.31. The van der Waals surface area contributed by atoms with Gasteiger partial charge in [0.25, 0.3) is 0 Å². The minimum atomic E-state index is -0.247. The Bertz CT molecular complexity index is 1220. The van der Waals surface area contributed by atoms with Crippen LogP contribution in [-0.4, -0.2) is 29.9 Å². The number of fused-ring (bicyclic) bond motifs is 1. The lowest BCUT2D eigenvalue weighted by Crippen LogP contribution is -2.39. The zero-order valence-corrected chi connectivity index (χ0v) is 18.2. The van der Waals surface area contributed by atoms with Gasteiger partial charge in [-0.3, -0.25) is 9.59 Å². The zero-order chi connectivity index (χ0) is 22.3. The van der Waals surface area contributed by atoms with Gasteiger partial charge >= 0.3 is 0 Å². The average Bonchev–Trinajstić information content (AvgIpc) is 3.24. The van der Waals surface area contributed by atoms with Crippen molar-refractivity contribution in [1.82, 2.24) is 15.6 Å². The summed E-state index contributed by atoms with van der Waals surface area (Å²) in [5.41, 5.74) is 3.93. The van der Waals surface area contributed by atoms with Crippen molar-refractivity contribution in [3.05, 3.63) is 107 Å². The van der Waals surface area contributed by atoms with E-state index >= 15 is 0 Å². The van der Waals surface area contributed by atoms with E-state index in [1.54, 1.807) is 0 Å². The highest BCUT2D eigenvalue weighted by atomic mass is 35.5. The molecule has 0 aliphatic carbocycles. The number of carbonyl (C=O) groups is 2. The van der Waals surface area contributed by atoms with Crippen LogP contribution in [0.2, 0.25) is 5.02 Å². The van der Waals surface area contributed by atoms with Gasteiger partial charge in [-0.05, 0) is 28.8 Å². The second-order valence-electron chi connectivity index (χ2n) is 7.61. The molecule has 0 saturated carbocycles. The van der Waals surface area contributed by atoms with Crippen molar-refractivity contribution >= 4 is 34.3 Å². The van der Waals surface area contributed by atoms with Crippen LogP contribution in [0.4, 0.5) is 0 Å². The maximum atomic E-state index is 12.5. The van der Waals surface area contributed by atoms with Crippen LogP contribution in [0.15, 0.2) is 85.1 Å². The predicted molar refractivity (Wildman–Crippen MR) is 128 cm³/mol. The van der Waals surface area contributed by atoms with Crippen molar-refractivity contribution in [2.75, 3.05) is 13.1 Å². The fourth-order valence-corrected chi connectivity index (χ4v) is 4.10. The minimum absolute atomic E-state index is 0.0746. The summed E-state index contributed by atoms with van der Waals surface area (Å²) in [4.78, 5) is 27.9. The fourth-order valence-electron chi connectivity index (χ4n) is 3.83. The van der Waals surface area contributed by atoms with Crippen LogP contribution in [-0.2, 0) is 16.0 Å². The topological polar surface area (TPSA) is 74.0 Å². The van der Waals surface area contributed by atoms with Gasteiger partial charge in [0.1, 0.15) is 0 Å². The van der Waals surface area contributed by atoms with Crippen LogP contribution in [0.25, 0.3) is 10.9 Å². The third kappa shape index (κ3) is 5.18. The van der Waals surface area contributed by atoms with Crippen LogP contribution in [0.1, 0.15) is 22.6 Å². The summed E-state index contributed by atoms with van der Waals surface area (Å²) < 4.78 is 0. The number of hydrogen-bond acceptors (Lipinski definition) is 2. The van der Waals surface area contributed by atoms with Crippen molar-refractivity contribution in [2.45, 2.75) is 12.3 Å². The fraction of sp³-hybridized carbons (Fsp3) is 0.154. The van der Waals surface area contributed by atoms with E-state index in [1.807, 2.05) is 79.0 Å². The highest BCUT2D eigenvalue weighted by Gasteiger charge is 2.21. The van der Waals surface area contributed by atoms with Crippen LogP contribution in [0.3, 0.4) is 0 Å². The number of benzene rings is 3. The molecule has 3 N–H and O–H groups in total. The maximum Gasteiger partial charge on any atom is 0.239 e. The van der Waals surface area contributed by atoms with Crippen LogP contribution >= 0.6 is 11.6 Å². The summed E-state index contributed by atoms with van der Waals surface area (Å²) >= 11 is 6.50. The lowest BCUT2D eigenvalue weighted by Gasteiger charge is -2.19. The van der Waals surface area contributed by atoms with E-state index in [0.717, 1.165) is 27.6 Å². The molecule has 3 aromatic carbocycles. The van der Waals surface area contributed by atoms with Crippen LogP contribution in [0.5, 0.6) is 0 Å². The smallest absolute Gasteiger partial charge is 0.239 e. The number of nitrogens with one attached hydrogen (secondary N) is 3. The molecule has 6 heteroatoms. The van der Waals surface area contributed by atoms with E-state index in [0.29, 0.717) is 11.6 Å². The Morgan fingerprint density at radius 1 is 0.812 bits per heavy atom. The maximum absolute atomic E-state index is 12.5. The van der Waals surface area contributed by atoms with Crippen molar-refractivity contribution in [1.29, 1.82) is 0 Å². The quantitative estimate of drug-likeness (QED) is 0.375. The number of rotatable bonds is 8. The zero-order valence-electron chi connectivity index (χ0n) is 17.5. The van der Waals surface area contributed by atoms with Crippen molar-refractivity contribution < 1.29 is 9.59 Å². The normalized spacial score (nSPS) is 11.8. The van der Waals surface area contributed by atoms with Crippen molar-refractivity contribution in [3.63, 3.8) is 0 Å². The van der Waals surface area contributed by atoms with Crippen LogP contribution < -0.4 is 10.6 Å². The van der Waals surface area contributed by atoms with Crippen molar-refractivity contribution in [2.24, 2.45) is 0 Å². The summed E-state index contributed by atoms with van der Waals surface area (Å²) in [6.07, 6.45) is 2.21. The van der Waals surface area contributed by atoms with Crippen LogP contribution in [0, 0.1) is 0 Å². The Balaban J connectivity index is 1.43. The van der Waals surface area contributed by atoms with Gasteiger partial charge in [-0.15, -0.1) is 0 Å². The van der Waals surface area contributed by atoms with Crippen molar-refractivity contribution in [3.8, 4) is 0 Å². The lowest BCUT2D eigenvalue weighted by atomic mass is 9.90. The molecular weight excluding hydrogens is 422 g/mol. The first-order valence-corrected chi connectivity index (χ1v) is 10.9. The van der Waals surface area contributed by atoms with Gasteiger partial charge in [0.15, 0.2) is 0 Å². The number of aromatic amines is 1. The number of carbonyl (C=O) groups excluding carboxylic acids is 2. The summed E-state index contributed by atoms with van der Waals surface area (Å²) in [6, 6.07) is 25.1. The SMILES string of the molecule is O=C(CNC(=O)Cc1ccccc1)NC[C@@H](c1ccccc1Cl)c1c[nH]c2ccccc12. The second kappa shape index (κ2) is 10.2. The summed E-state index contributed by atoms with van der Waals surface area (Å²) in [6.45, 7) is 0.285. The molecule has 0 unspecified atom stereocenters. The number of para-hydroxylation sites is 1. The number of H-pyrrole nitrogens is 1. The Morgan fingerprint density at radius 2 is 1.53 bits per heavy atom. The molecule has 1 heterocycles. The van der Waals surface area contributed by atoms with E-state index in [4.69, 9.17) is 11.6 Å². The Morgan fingerprint density at radius 3 is 2.34 bits per heavy atom. The van der Waals surface area contributed by atoms with E-state index in [2.05, 4.69) is 21.7 Å². The summed E-state index contributed by atoms with van der Waals surface area (Å²) in [7, 11) is 0. The molecule has 0 radical (unpaired) electrons. The third-order valence-electron chi connectivity index (χ3n) is 5.43.